The molecule has 0 spiro atoms. The number of carbonyl (C=O) groups is 2. The summed E-state index contributed by atoms with van der Waals surface area (Å²) in [5.74, 6) is -0.669. The molecule has 2 atom stereocenters. The highest BCUT2D eigenvalue weighted by molar-refractivity contribution is 9.10. The summed E-state index contributed by atoms with van der Waals surface area (Å²) in [4.78, 5) is 25.5. The van der Waals surface area contributed by atoms with Gasteiger partial charge in [0.15, 0.2) is 0 Å². The Kier molecular flexibility index (Phi) is 5.11. The zero-order valence-corrected chi connectivity index (χ0v) is 13.6. The van der Waals surface area contributed by atoms with Crippen LogP contribution < -0.4 is 5.32 Å². The Morgan fingerprint density at radius 3 is 2.86 bits per heavy atom. The average Bonchev–Trinajstić information content (AvgIpc) is 2.73. The van der Waals surface area contributed by atoms with Gasteiger partial charge < -0.3 is 5.32 Å². The lowest BCUT2D eigenvalue weighted by molar-refractivity contribution is -0.141. The van der Waals surface area contributed by atoms with Crippen LogP contribution in [0.4, 0.5) is 4.39 Å². The zero-order valence-electron chi connectivity index (χ0n) is 12.0. The third-order valence-electron chi connectivity index (χ3n) is 3.76. The number of imide groups is 1. The molecule has 1 N–H and O–H groups in total. The minimum atomic E-state index is -0.526. The molecule has 2 unspecified atom stereocenters. The summed E-state index contributed by atoms with van der Waals surface area (Å²) >= 11 is 3.34. The first-order chi connectivity index (χ1) is 9.93. The number of hydrogen-bond donors (Lipinski definition) is 1. The Morgan fingerprint density at radius 2 is 2.19 bits per heavy atom. The number of nitrogens with zero attached hydrogens (tertiary/aromatic N) is 1. The molecule has 1 fully saturated rings. The summed E-state index contributed by atoms with van der Waals surface area (Å²) in [6, 6.07) is 3.78. The van der Waals surface area contributed by atoms with E-state index >= 15 is 0 Å². The molecule has 1 aliphatic heterocycles. The smallest absolute Gasteiger partial charge is 0.247 e. The SMILES string of the molecule is CCC(C)N1C(=O)CC(NCc2cc(F)ccc2Br)C1=O. The number of likely N-dealkylation sites (tertiary alicyclic amines) is 1. The number of hydrogen-bond acceptors (Lipinski definition) is 3. The molecule has 1 aromatic rings. The van der Waals surface area contributed by atoms with Crippen LogP contribution >= 0.6 is 15.9 Å². The molecule has 0 aliphatic carbocycles. The second kappa shape index (κ2) is 6.66. The maximum atomic E-state index is 13.2. The van der Waals surface area contributed by atoms with Crippen molar-refractivity contribution in [3.8, 4) is 0 Å². The molecule has 1 aromatic carbocycles. The first-order valence-electron chi connectivity index (χ1n) is 6.97. The van der Waals surface area contributed by atoms with Crippen molar-refractivity contribution in [3.63, 3.8) is 0 Å². The second-order valence-corrected chi connectivity index (χ2v) is 6.09. The van der Waals surface area contributed by atoms with Crippen molar-refractivity contribution in [1.29, 1.82) is 0 Å². The molecular weight excluding hydrogens is 339 g/mol. The molecular formula is C15H18BrFN2O2. The number of amides is 2. The number of benzene rings is 1. The van der Waals surface area contributed by atoms with Gasteiger partial charge in [-0.25, -0.2) is 4.39 Å². The van der Waals surface area contributed by atoms with Crippen molar-refractivity contribution < 1.29 is 14.0 Å². The van der Waals surface area contributed by atoms with Crippen molar-refractivity contribution >= 4 is 27.7 Å². The van der Waals surface area contributed by atoms with E-state index in [9.17, 15) is 14.0 Å². The Morgan fingerprint density at radius 1 is 1.48 bits per heavy atom. The van der Waals surface area contributed by atoms with Crippen LogP contribution in [0.2, 0.25) is 0 Å². The third-order valence-corrected chi connectivity index (χ3v) is 4.53. The van der Waals surface area contributed by atoms with Gasteiger partial charge in [-0.15, -0.1) is 0 Å². The Balaban J connectivity index is 2.03. The molecule has 2 amide bonds. The van der Waals surface area contributed by atoms with Gasteiger partial charge in [0, 0.05) is 17.1 Å². The lowest BCUT2D eigenvalue weighted by Gasteiger charge is -2.21. The Bertz CT molecular complexity index is 565. The summed E-state index contributed by atoms with van der Waals surface area (Å²) in [6.07, 6.45) is 0.899. The van der Waals surface area contributed by atoms with E-state index in [0.29, 0.717) is 6.54 Å². The molecule has 1 heterocycles. The first-order valence-corrected chi connectivity index (χ1v) is 7.76. The van der Waals surface area contributed by atoms with Gasteiger partial charge in [0.2, 0.25) is 11.8 Å². The van der Waals surface area contributed by atoms with Crippen molar-refractivity contribution in [2.45, 2.75) is 45.3 Å². The van der Waals surface area contributed by atoms with Crippen molar-refractivity contribution in [2.24, 2.45) is 0 Å². The van der Waals surface area contributed by atoms with Crippen LogP contribution in [-0.4, -0.2) is 28.8 Å². The lowest BCUT2D eigenvalue weighted by atomic mass is 10.2. The van der Waals surface area contributed by atoms with E-state index in [0.717, 1.165) is 16.5 Å². The predicted molar refractivity (Wildman–Crippen MR) is 81.0 cm³/mol. The van der Waals surface area contributed by atoms with Gasteiger partial charge in [0.25, 0.3) is 0 Å². The van der Waals surface area contributed by atoms with Crippen molar-refractivity contribution in [2.75, 3.05) is 0 Å². The third kappa shape index (κ3) is 3.49. The highest BCUT2D eigenvalue weighted by Gasteiger charge is 2.40. The van der Waals surface area contributed by atoms with Crippen LogP contribution in [0.5, 0.6) is 0 Å². The van der Waals surface area contributed by atoms with Gasteiger partial charge in [0.1, 0.15) is 5.82 Å². The fourth-order valence-electron chi connectivity index (χ4n) is 2.37. The number of carbonyl (C=O) groups excluding carboxylic acids is 2. The van der Waals surface area contributed by atoms with Crippen LogP contribution in [0.1, 0.15) is 32.3 Å². The van der Waals surface area contributed by atoms with E-state index in [1.807, 2.05) is 13.8 Å². The van der Waals surface area contributed by atoms with Crippen LogP contribution in [0.15, 0.2) is 22.7 Å². The van der Waals surface area contributed by atoms with Crippen LogP contribution in [0.3, 0.4) is 0 Å². The van der Waals surface area contributed by atoms with Gasteiger partial charge in [0.05, 0.1) is 12.5 Å². The second-order valence-electron chi connectivity index (χ2n) is 5.23. The molecule has 114 valence electrons. The molecule has 4 nitrogen and oxygen atoms in total. The normalized spacial score (nSPS) is 20.2. The van der Waals surface area contributed by atoms with Gasteiger partial charge in [-0.05, 0) is 37.1 Å². The summed E-state index contributed by atoms with van der Waals surface area (Å²) in [7, 11) is 0. The molecule has 0 saturated carbocycles. The van der Waals surface area contributed by atoms with E-state index in [2.05, 4.69) is 21.2 Å². The Hall–Kier alpha value is -1.27. The predicted octanol–water partition coefficient (Wildman–Crippen LogP) is 2.60. The van der Waals surface area contributed by atoms with E-state index in [-0.39, 0.29) is 30.1 Å². The van der Waals surface area contributed by atoms with Crippen LogP contribution in [-0.2, 0) is 16.1 Å². The summed E-state index contributed by atoms with van der Waals surface area (Å²) < 4.78 is 14.0. The summed E-state index contributed by atoms with van der Waals surface area (Å²) in [5.41, 5.74) is 0.720. The standard InChI is InChI=1S/C15H18BrFN2O2/c1-3-9(2)19-14(20)7-13(15(19)21)18-8-10-6-11(17)4-5-12(10)16/h4-6,9,13,18H,3,7-8H2,1-2H3. The highest BCUT2D eigenvalue weighted by atomic mass is 79.9. The first kappa shape index (κ1) is 16.1. The van der Waals surface area contributed by atoms with Crippen LogP contribution in [0.25, 0.3) is 0 Å². The lowest BCUT2D eigenvalue weighted by Crippen LogP contribution is -2.42. The molecule has 0 radical (unpaired) electrons. The van der Waals surface area contributed by atoms with E-state index in [4.69, 9.17) is 0 Å². The molecule has 1 saturated heterocycles. The van der Waals surface area contributed by atoms with Gasteiger partial charge in [-0.3, -0.25) is 14.5 Å². The van der Waals surface area contributed by atoms with E-state index in [1.165, 1.54) is 17.0 Å². The topological polar surface area (TPSA) is 49.4 Å². The maximum Gasteiger partial charge on any atom is 0.247 e. The molecule has 2 rings (SSSR count). The summed E-state index contributed by atoms with van der Waals surface area (Å²) in [5, 5.41) is 3.05. The molecule has 6 heteroatoms. The zero-order chi connectivity index (χ0) is 15.6. The fraction of sp³-hybridized carbons (Fsp3) is 0.467. The van der Waals surface area contributed by atoms with Crippen molar-refractivity contribution in [3.05, 3.63) is 34.1 Å². The van der Waals surface area contributed by atoms with E-state index in [1.54, 1.807) is 6.07 Å². The minimum absolute atomic E-state index is 0.0855. The number of halogens is 2. The quantitative estimate of drug-likeness (QED) is 0.825. The molecule has 0 bridgehead atoms. The fourth-order valence-corrected chi connectivity index (χ4v) is 2.75. The number of rotatable bonds is 5. The monoisotopic (exact) mass is 356 g/mol. The summed E-state index contributed by atoms with van der Waals surface area (Å²) in [6.45, 7) is 4.13. The minimum Gasteiger partial charge on any atom is -0.301 e. The van der Waals surface area contributed by atoms with Gasteiger partial charge in [-0.2, -0.15) is 0 Å². The highest BCUT2D eigenvalue weighted by Crippen LogP contribution is 2.21. The van der Waals surface area contributed by atoms with E-state index < -0.39 is 6.04 Å². The van der Waals surface area contributed by atoms with Crippen LogP contribution in [0, 0.1) is 5.82 Å². The number of nitrogens with one attached hydrogen (secondary N) is 1. The largest absolute Gasteiger partial charge is 0.301 e. The molecule has 21 heavy (non-hydrogen) atoms. The molecule has 0 aromatic heterocycles. The van der Waals surface area contributed by atoms with Gasteiger partial charge >= 0.3 is 0 Å². The van der Waals surface area contributed by atoms with Crippen molar-refractivity contribution in [1.82, 2.24) is 10.2 Å². The molecule has 1 aliphatic rings. The average molecular weight is 357 g/mol. The Labute approximate surface area is 131 Å². The maximum absolute atomic E-state index is 13.2. The van der Waals surface area contributed by atoms with Gasteiger partial charge in [-0.1, -0.05) is 22.9 Å².